The molecule has 3 aromatic carbocycles. The van der Waals surface area contributed by atoms with Crippen LogP contribution in [0.25, 0.3) is 11.2 Å². The molecule has 0 saturated carbocycles. The maximum absolute atomic E-state index is 13.5. The molecule has 8 heteroatoms. The van der Waals surface area contributed by atoms with Crippen molar-refractivity contribution in [3.8, 4) is 5.75 Å². The molecule has 7 nitrogen and oxygen atoms in total. The maximum atomic E-state index is 13.5. The van der Waals surface area contributed by atoms with Crippen LogP contribution < -0.4 is 16.0 Å². The van der Waals surface area contributed by atoms with Gasteiger partial charge in [-0.05, 0) is 23.3 Å². The summed E-state index contributed by atoms with van der Waals surface area (Å²) in [5.74, 6) is 0.502. The second-order valence-corrected chi connectivity index (χ2v) is 8.53. The third kappa shape index (κ3) is 4.76. The third-order valence-electron chi connectivity index (χ3n) is 5.77. The van der Waals surface area contributed by atoms with Gasteiger partial charge >= 0.3 is 5.69 Å². The Morgan fingerprint density at radius 1 is 0.771 bits per heavy atom. The number of ether oxygens (including phenoxy) is 1. The SMILES string of the molecule is O=c1c2c(ncn2Cc2ccccc2)n(Cc2ccccc2)c(=O)n1CCOc1ccccc1Cl. The van der Waals surface area contributed by atoms with Crippen LogP contribution >= 0.6 is 11.6 Å². The first kappa shape index (κ1) is 22.7. The van der Waals surface area contributed by atoms with E-state index in [9.17, 15) is 9.59 Å². The number of hydrogen-bond donors (Lipinski definition) is 0. The normalized spacial score (nSPS) is 11.1. The summed E-state index contributed by atoms with van der Waals surface area (Å²) in [6, 6.07) is 26.5. The Bertz CT molecular complexity index is 1570. The molecule has 5 aromatic rings. The van der Waals surface area contributed by atoms with Gasteiger partial charge in [-0.25, -0.2) is 9.78 Å². The fraction of sp³-hybridized carbons (Fsp3) is 0.148. The van der Waals surface area contributed by atoms with Crippen LogP contribution in [0, 0.1) is 0 Å². The van der Waals surface area contributed by atoms with Crippen LogP contribution in [0.15, 0.2) is 101 Å². The van der Waals surface area contributed by atoms with E-state index in [1.54, 1.807) is 27.6 Å². The monoisotopic (exact) mass is 486 g/mol. The van der Waals surface area contributed by atoms with E-state index in [1.165, 1.54) is 4.57 Å². The van der Waals surface area contributed by atoms with Crippen molar-refractivity contribution in [2.75, 3.05) is 6.61 Å². The molecule has 0 aliphatic heterocycles. The second kappa shape index (κ2) is 10.0. The summed E-state index contributed by atoms with van der Waals surface area (Å²) < 4.78 is 10.3. The predicted molar refractivity (Wildman–Crippen MR) is 136 cm³/mol. The largest absolute Gasteiger partial charge is 0.490 e. The van der Waals surface area contributed by atoms with Crippen molar-refractivity contribution >= 4 is 22.8 Å². The molecule has 35 heavy (non-hydrogen) atoms. The van der Waals surface area contributed by atoms with E-state index in [4.69, 9.17) is 16.3 Å². The van der Waals surface area contributed by atoms with E-state index in [0.29, 0.717) is 35.0 Å². The van der Waals surface area contributed by atoms with Gasteiger partial charge in [0.05, 0.1) is 24.4 Å². The fourth-order valence-corrected chi connectivity index (χ4v) is 4.24. The molecule has 2 aromatic heterocycles. The molecular weight excluding hydrogens is 464 g/mol. The number of halogens is 1. The lowest BCUT2D eigenvalue weighted by Crippen LogP contribution is -2.42. The number of fused-ring (bicyclic) bond motifs is 1. The third-order valence-corrected chi connectivity index (χ3v) is 6.08. The summed E-state index contributed by atoms with van der Waals surface area (Å²) in [5, 5.41) is 0.470. The number of aromatic nitrogens is 4. The first-order valence-electron chi connectivity index (χ1n) is 11.3. The highest BCUT2D eigenvalue weighted by atomic mass is 35.5. The summed E-state index contributed by atoms with van der Waals surface area (Å²) in [6.07, 6.45) is 1.62. The van der Waals surface area contributed by atoms with Crippen LogP contribution in [0.2, 0.25) is 5.02 Å². The molecule has 0 aliphatic carbocycles. The Balaban J connectivity index is 1.56. The molecule has 0 saturated heterocycles. The van der Waals surface area contributed by atoms with Gasteiger partial charge in [-0.1, -0.05) is 84.4 Å². The van der Waals surface area contributed by atoms with Gasteiger partial charge in [-0.3, -0.25) is 13.9 Å². The van der Waals surface area contributed by atoms with Crippen molar-refractivity contribution in [3.05, 3.63) is 128 Å². The Morgan fingerprint density at radius 3 is 2.09 bits per heavy atom. The maximum Gasteiger partial charge on any atom is 0.333 e. The smallest absolute Gasteiger partial charge is 0.333 e. The van der Waals surface area contributed by atoms with Gasteiger partial charge < -0.3 is 9.30 Å². The highest BCUT2D eigenvalue weighted by Crippen LogP contribution is 2.23. The zero-order valence-electron chi connectivity index (χ0n) is 18.9. The van der Waals surface area contributed by atoms with E-state index in [0.717, 1.165) is 11.1 Å². The van der Waals surface area contributed by atoms with Crippen molar-refractivity contribution in [1.82, 2.24) is 18.7 Å². The molecule has 0 aliphatic rings. The van der Waals surface area contributed by atoms with Gasteiger partial charge in [0.1, 0.15) is 12.4 Å². The van der Waals surface area contributed by atoms with E-state index in [1.807, 2.05) is 72.8 Å². The fourth-order valence-electron chi connectivity index (χ4n) is 4.05. The van der Waals surface area contributed by atoms with E-state index in [2.05, 4.69) is 4.98 Å². The molecule has 0 amide bonds. The van der Waals surface area contributed by atoms with Gasteiger partial charge in [0, 0.05) is 6.54 Å². The molecule has 0 atom stereocenters. The Hall–Kier alpha value is -4.10. The molecule has 176 valence electrons. The second-order valence-electron chi connectivity index (χ2n) is 8.12. The quantitative estimate of drug-likeness (QED) is 0.330. The first-order chi connectivity index (χ1) is 17.1. The minimum absolute atomic E-state index is 0.0735. The van der Waals surface area contributed by atoms with E-state index in [-0.39, 0.29) is 13.2 Å². The van der Waals surface area contributed by atoms with Crippen LogP contribution in [-0.2, 0) is 19.6 Å². The van der Waals surface area contributed by atoms with Crippen LogP contribution in [0.3, 0.4) is 0 Å². The minimum atomic E-state index is -0.431. The molecule has 0 fully saturated rings. The topological polar surface area (TPSA) is 71.0 Å². The highest BCUT2D eigenvalue weighted by Gasteiger charge is 2.19. The Morgan fingerprint density at radius 2 is 1.40 bits per heavy atom. The van der Waals surface area contributed by atoms with Gasteiger partial charge in [-0.2, -0.15) is 0 Å². The van der Waals surface area contributed by atoms with Crippen LogP contribution in [0.4, 0.5) is 0 Å². The van der Waals surface area contributed by atoms with Crippen molar-refractivity contribution < 1.29 is 4.74 Å². The Labute approximate surface area is 206 Å². The summed E-state index contributed by atoms with van der Waals surface area (Å²) in [5.41, 5.74) is 1.88. The molecule has 0 N–H and O–H groups in total. The average Bonchev–Trinajstić information content (AvgIpc) is 3.29. The van der Waals surface area contributed by atoms with Gasteiger partial charge in [-0.15, -0.1) is 0 Å². The summed E-state index contributed by atoms with van der Waals surface area (Å²) in [4.78, 5) is 31.5. The highest BCUT2D eigenvalue weighted by molar-refractivity contribution is 6.32. The van der Waals surface area contributed by atoms with Crippen LogP contribution in [0.1, 0.15) is 11.1 Å². The summed E-state index contributed by atoms with van der Waals surface area (Å²) >= 11 is 6.17. The van der Waals surface area contributed by atoms with Gasteiger partial charge in [0.15, 0.2) is 11.2 Å². The minimum Gasteiger partial charge on any atom is -0.490 e. The number of benzene rings is 3. The number of imidazole rings is 1. The predicted octanol–water partition coefficient (Wildman–Crippen LogP) is 4.19. The number of nitrogens with zero attached hydrogens (tertiary/aromatic N) is 4. The van der Waals surface area contributed by atoms with E-state index < -0.39 is 11.2 Å². The molecule has 0 radical (unpaired) electrons. The number of para-hydroxylation sites is 1. The van der Waals surface area contributed by atoms with Crippen molar-refractivity contribution in [1.29, 1.82) is 0 Å². The molecule has 2 heterocycles. The lowest BCUT2D eigenvalue weighted by atomic mass is 10.2. The van der Waals surface area contributed by atoms with E-state index >= 15 is 0 Å². The van der Waals surface area contributed by atoms with Crippen molar-refractivity contribution in [2.45, 2.75) is 19.6 Å². The number of hydrogen-bond acceptors (Lipinski definition) is 4. The lowest BCUT2D eigenvalue weighted by molar-refractivity contribution is 0.292. The first-order valence-corrected chi connectivity index (χ1v) is 11.6. The summed E-state index contributed by atoms with van der Waals surface area (Å²) in [6.45, 7) is 0.948. The molecule has 5 rings (SSSR count). The van der Waals surface area contributed by atoms with Gasteiger partial charge in [0.2, 0.25) is 0 Å². The molecule has 0 unspecified atom stereocenters. The standard InChI is InChI=1S/C27H23ClN4O3/c28-22-13-7-8-14-23(22)35-16-15-31-26(33)24-25(29-19-30(24)17-20-9-3-1-4-10-20)32(27(31)34)18-21-11-5-2-6-12-21/h1-14,19H,15-18H2. The molecule has 0 bridgehead atoms. The van der Waals surface area contributed by atoms with Crippen molar-refractivity contribution in [2.24, 2.45) is 0 Å². The van der Waals surface area contributed by atoms with Crippen LogP contribution in [-0.4, -0.2) is 25.3 Å². The van der Waals surface area contributed by atoms with Crippen molar-refractivity contribution in [3.63, 3.8) is 0 Å². The molecule has 0 spiro atoms. The Kier molecular flexibility index (Phi) is 6.50. The molecular formula is C27H23ClN4O3. The van der Waals surface area contributed by atoms with Gasteiger partial charge in [0.25, 0.3) is 5.56 Å². The zero-order chi connectivity index (χ0) is 24.2. The number of rotatable bonds is 8. The zero-order valence-corrected chi connectivity index (χ0v) is 19.6. The lowest BCUT2D eigenvalue weighted by Gasteiger charge is -2.14. The average molecular weight is 487 g/mol. The van der Waals surface area contributed by atoms with Crippen LogP contribution in [0.5, 0.6) is 5.75 Å². The summed E-state index contributed by atoms with van der Waals surface area (Å²) in [7, 11) is 0.